The molecule has 0 aliphatic rings. The lowest BCUT2D eigenvalue weighted by Crippen LogP contribution is -2.12. The zero-order valence-electron chi connectivity index (χ0n) is 8.87. The molecule has 0 saturated carbocycles. The van der Waals surface area contributed by atoms with Crippen molar-refractivity contribution in [3.05, 3.63) is 11.9 Å². The lowest BCUT2D eigenvalue weighted by Gasteiger charge is -2.05. The lowest BCUT2D eigenvalue weighted by molar-refractivity contribution is 0.187. The summed E-state index contributed by atoms with van der Waals surface area (Å²) >= 11 is 0. The van der Waals surface area contributed by atoms with Gasteiger partial charge in [0.1, 0.15) is 0 Å². The number of rotatable bonds is 2. The van der Waals surface area contributed by atoms with Gasteiger partial charge in [-0.15, -0.1) is 0 Å². The Morgan fingerprint density at radius 2 is 2.29 bits per heavy atom. The van der Waals surface area contributed by atoms with Gasteiger partial charge >= 0.3 is 6.09 Å². The molecule has 0 aliphatic heterocycles. The molecule has 1 aromatic heterocycles. The highest BCUT2D eigenvalue weighted by atomic mass is 16.5. The zero-order valence-corrected chi connectivity index (χ0v) is 8.87. The smallest absolute Gasteiger partial charge is 0.411 e. The minimum atomic E-state index is -0.472. The molecule has 0 atom stereocenters. The summed E-state index contributed by atoms with van der Waals surface area (Å²) in [6.07, 6.45) is 1.28. The van der Waals surface area contributed by atoms with E-state index in [1.165, 1.54) is 7.11 Å². The lowest BCUT2D eigenvalue weighted by atomic mass is 10.1. The predicted molar refractivity (Wildman–Crippen MR) is 53.3 cm³/mol. The Morgan fingerprint density at radius 3 is 2.79 bits per heavy atom. The monoisotopic (exact) mass is 197 g/mol. The maximum Gasteiger partial charge on any atom is 0.411 e. The van der Waals surface area contributed by atoms with E-state index in [2.05, 4.69) is 15.2 Å². The largest absolute Gasteiger partial charge is 0.453 e. The number of amides is 1. The quantitative estimate of drug-likeness (QED) is 0.785. The van der Waals surface area contributed by atoms with Crippen LogP contribution in [0, 0.1) is 0 Å². The van der Waals surface area contributed by atoms with E-state index in [-0.39, 0.29) is 5.92 Å². The van der Waals surface area contributed by atoms with Gasteiger partial charge in [-0.25, -0.2) is 4.79 Å². The molecular formula is C9H15N3O2. The fourth-order valence-electron chi connectivity index (χ4n) is 1.19. The minimum Gasteiger partial charge on any atom is -0.453 e. The summed E-state index contributed by atoms with van der Waals surface area (Å²) in [5.41, 5.74) is 1.56. The van der Waals surface area contributed by atoms with Crippen LogP contribution in [0.2, 0.25) is 0 Å². The van der Waals surface area contributed by atoms with Gasteiger partial charge in [-0.05, 0) is 5.92 Å². The third-order valence-electron chi connectivity index (χ3n) is 1.83. The number of aromatic nitrogens is 2. The van der Waals surface area contributed by atoms with E-state index in [1.54, 1.807) is 10.9 Å². The first kappa shape index (κ1) is 10.6. The van der Waals surface area contributed by atoms with Gasteiger partial charge in [0, 0.05) is 13.2 Å². The number of carbonyl (C=O) groups excluding carboxylic acids is 1. The van der Waals surface area contributed by atoms with E-state index in [9.17, 15) is 4.79 Å². The van der Waals surface area contributed by atoms with Crippen LogP contribution < -0.4 is 5.32 Å². The standard InChI is InChI=1S/C9H15N3O2/c1-6(2)8-7(5-12(3)11-8)10-9(13)14-4/h5-6H,1-4H3,(H,10,13). The number of hydrogen-bond acceptors (Lipinski definition) is 3. The molecule has 0 radical (unpaired) electrons. The SMILES string of the molecule is COC(=O)Nc1cn(C)nc1C(C)C. The Hall–Kier alpha value is -1.52. The number of nitrogens with zero attached hydrogens (tertiary/aromatic N) is 2. The van der Waals surface area contributed by atoms with Crippen molar-refractivity contribution in [2.75, 3.05) is 12.4 Å². The van der Waals surface area contributed by atoms with Gasteiger partial charge in [-0.3, -0.25) is 10.00 Å². The summed E-state index contributed by atoms with van der Waals surface area (Å²) in [6.45, 7) is 4.04. The fourth-order valence-corrected chi connectivity index (χ4v) is 1.19. The summed E-state index contributed by atoms with van der Waals surface area (Å²) in [7, 11) is 3.15. The second-order valence-corrected chi connectivity index (χ2v) is 3.37. The number of nitrogens with one attached hydrogen (secondary N) is 1. The molecule has 0 spiro atoms. The Labute approximate surface area is 83.1 Å². The highest BCUT2D eigenvalue weighted by molar-refractivity contribution is 5.85. The fraction of sp³-hybridized carbons (Fsp3) is 0.556. The van der Waals surface area contributed by atoms with Crippen molar-refractivity contribution in [2.24, 2.45) is 7.05 Å². The first-order valence-corrected chi connectivity index (χ1v) is 4.43. The maximum absolute atomic E-state index is 11.0. The van der Waals surface area contributed by atoms with Gasteiger partial charge in [-0.2, -0.15) is 5.10 Å². The number of ether oxygens (including phenoxy) is 1. The van der Waals surface area contributed by atoms with Gasteiger partial charge < -0.3 is 4.74 Å². The van der Waals surface area contributed by atoms with E-state index in [4.69, 9.17) is 0 Å². The molecule has 5 nitrogen and oxygen atoms in total. The van der Waals surface area contributed by atoms with E-state index >= 15 is 0 Å². The van der Waals surface area contributed by atoms with Crippen LogP contribution in [0.5, 0.6) is 0 Å². The van der Waals surface area contributed by atoms with E-state index in [0.29, 0.717) is 5.69 Å². The first-order valence-electron chi connectivity index (χ1n) is 4.43. The van der Waals surface area contributed by atoms with Gasteiger partial charge in [0.2, 0.25) is 0 Å². The van der Waals surface area contributed by atoms with Gasteiger partial charge in [0.05, 0.1) is 18.5 Å². The average Bonchev–Trinajstić information content (AvgIpc) is 2.46. The Kier molecular flexibility index (Phi) is 3.11. The molecular weight excluding hydrogens is 182 g/mol. The van der Waals surface area contributed by atoms with Crippen molar-refractivity contribution in [1.29, 1.82) is 0 Å². The molecule has 0 aliphatic carbocycles. The normalized spacial score (nSPS) is 10.4. The summed E-state index contributed by atoms with van der Waals surface area (Å²) in [5, 5.41) is 6.86. The molecule has 0 aromatic carbocycles. The van der Waals surface area contributed by atoms with Crippen molar-refractivity contribution < 1.29 is 9.53 Å². The highest BCUT2D eigenvalue weighted by Gasteiger charge is 2.13. The number of aryl methyl sites for hydroxylation is 1. The second kappa shape index (κ2) is 4.13. The van der Waals surface area contributed by atoms with Crippen LogP contribution in [0.3, 0.4) is 0 Å². The molecule has 1 rings (SSSR count). The first-order chi connectivity index (χ1) is 6.54. The molecule has 0 saturated heterocycles. The third kappa shape index (κ3) is 2.25. The third-order valence-corrected chi connectivity index (χ3v) is 1.83. The van der Waals surface area contributed by atoms with Crippen LogP contribution in [-0.2, 0) is 11.8 Å². The molecule has 14 heavy (non-hydrogen) atoms. The number of methoxy groups -OCH3 is 1. The summed E-state index contributed by atoms with van der Waals surface area (Å²) in [5.74, 6) is 0.267. The van der Waals surface area contributed by atoms with E-state index in [0.717, 1.165) is 5.69 Å². The molecule has 0 unspecified atom stereocenters. The Bertz CT molecular complexity index is 331. The Morgan fingerprint density at radius 1 is 1.64 bits per heavy atom. The van der Waals surface area contributed by atoms with Crippen LogP contribution in [0.1, 0.15) is 25.5 Å². The molecule has 0 bridgehead atoms. The maximum atomic E-state index is 11.0. The molecule has 1 aromatic rings. The second-order valence-electron chi connectivity index (χ2n) is 3.37. The van der Waals surface area contributed by atoms with Gasteiger partial charge in [0.15, 0.2) is 0 Å². The van der Waals surface area contributed by atoms with Crippen LogP contribution in [0.4, 0.5) is 10.5 Å². The van der Waals surface area contributed by atoms with E-state index < -0.39 is 6.09 Å². The highest BCUT2D eigenvalue weighted by Crippen LogP contribution is 2.21. The van der Waals surface area contributed by atoms with Crippen molar-refractivity contribution in [1.82, 2.24) is 9.78 Å². The molecule has 5 heteroatoms. The molecule has 1 heterocycles. The van der Waals surface area contributed by atoms with Crippen LogP contribution in [0.25, 0.3) is 0 Å². The average molecular weight is 197 g/mol. The molecule has 1 amide bonds. The van der Waals surface area contributed by atoms with Crippen LogP contribution in [0.15, 0.2) is 6.20 Å². The van der Waals surface area contributed by atoms with Gasteiger partial charge in [-0.1, -0.05) is 13.8 Å². The number of anilines is 1. The van der Waals surface area contributed by atoms with Gasteiger partial charge in [0.25, 0.3) is 0 Å². The number of hydrogen-bond donors (Lipinski definition) is 1. The topological polar surface area (TPSA) is 56.1 Å². The minimum absolute atomic E-state index is 0.267. The molecule has 78 valence electrons. The zero-order chi connectivity index (χ0) is 10.7. The van der Waals surface area contributed by atoms with Crippen molar-refractivity contribution in [2.45, 2.75) is 19.8 Å². The van der Waals surface area contributed by atoms with Crippen molar-refractivity contribution >= 4 is 11.8 Å². The van der Waals surface area contributed by atoms with E-state index in [1.807, 2.05) is 20.9 Å². The van der Waals surface area contributed by atoms with Crippen molar-refractivity contribution in [3.63, 3.8) is 0 Å². The summed E-state index contributed by atoms with van der Waals surface area (Å²) in [6, 6.07) is 0. The molecule has 1 N–H and O–H groups in total. The predicted octanol–water partition coefficient (Wildman–Crippen LogP) is 1.72. The summed E-state index contributed by atoms with van der Waals surface area (Å²) < 4.78 is 6.18. The van der Waals surface area contributed by atoms with Crippen LogP contribution >= 0.6 is 0 Å². The van der Waals surface area contributed by atoms with Crippen molar-refractivity contribution in [3.8, 4) is 0 Å². The molecule has 0 fully saturated rings. The number of carbonyl (C=O) groups is 1. The summed E-state index contributed by atoms with van der Waals surface area (Å²) in [4.78, 5) is 11.0. The Balaban J connectivity index is 2.89. The van der Waals surface area contributed by atoms with Crippen LogP contribution in [-0.4, -0.2) is 23.0 Å².